The van der Waals surface area contributed by atoms with Crippen LogP contribution in [-0.2, 0) is 14.9 Å². The van der Waals surface area contributed by atoms with Crippen LogP contribution < -0.4 is 10.5 Å². The van der Waals surface area contributed by atoms with Crippen molar-refractivity contribution in [2.45, 2.75) is 18.9 Å². The fourth-order valence-electron chi connectivity index (χ4n) is 2.75. The lowest BCUT2D eigenvalue weighted by Gasteiger charge is -2.34. The van der Waals surface area contributed by atoms with Crippen LogP contribution in [0.1, 0.15) is 24.5 Å². The molecular formula is C14H21N3O4S. The highest BCUT2D eigenvalue weighted by Crippen LogP contribution is 2.34. The minimum atomic E-state index is -3.41. The van der Waals surface area contributed by atoms with Crippen molar-refractivity contribution in [1.82, 2.24) is 9.03 Å². The summed E-state index contributed by atoms with van der Waals surface area (Å²) in [5.74, 6) is 0.0400. The lowest BCUT2D eigenvalue weighted by molar-refractivity contribution is 0.0481. The van der Waals surface area contributed by atoms with Crippen molar-refractivity contribution in [1.29, 1.82) is 0 Å². The Kier molecular flexibility index (Phi) is 5.38. The SMILES string of the molecule is CNS(=O)(=O)N1CCC(C(OC(N)=O)c2ccccc2)CC1. The van der Waals surface area contributed by atoms with E-state index in [2.05, 4.69) is 4.72 Å². The Labute approximate surface area is 130 Å². The average Bonchev–Trinajstić information content (AvgIpc) is 2.53. The van der Waals surface area contributed by atoms with E-state index in [0.717, 1.165) is 5.56 Å². The van der Waals surface area contributed by atoms with Gasteiger partial charge in [-0.15, -0.1) is 0 Å². The maximum atomic E-state index is 11.8. The van der Waals surface area contributed by atoms with E-state index in [9.17, 15) is 13.2 Å². The third-order valence-electron chi connectivity index (χ3n) is 3.90. The first kappa shape index (κ1) is 16.7. The number of carbonyl (C=O) groups excluding carboxylic acids is 1. The van der Waals surface area contributed by atoms with Gasteiger partial charge in [0.15, 0.2) is 0 Å². The fraction of sp³-hybridized carbons (Fsp3) is 0.500. The van der Waals surface area contributed by atoms with Crippen molar-refractivity contribution in [3.63, 3.8) is 0 Å². The number of hydrogen-bond donors (Lipinski definition) is 2. The van der Waals surface area contributed by atoms with Gasteiger partial charge in [-0.25, -0.2) is 9.52 Å². The van der Waals surface area contributed by atoms with Crippen molar-refractivity contribution in [3.05, 3.63) is 35.9 Å². The van der Waals surface area contributed by atoms with E-state index < -0.39 is 22.4 Å². The largest absolute Gasteiger partial charge is 0.441 e. The number of rotatable bonds is 5. The number of ether oxygens (including phenoxy) is 1. The average molecular weight is 327 g/mol. The highest BCUT2D eigenvalue weighted by atomic mass is 32.2. The molecule has 0 aliphatic carbocycles. The molecule has 1 fully saturated rings. The maximum Gasteiger partial charge on any atom is 0.405 e. The van der Waals surface area contributed by atoms with E-state index >= 15 is 0 Å². The summed E-state index contributed by atoms with van der Waals surface area (Å²) in [7, 11) is -2.01. The predicted octanol–water partition coefficient (Wildman–Crippen LogP) is 0.999. The number of nitrogens with zero attached hydrogens (tertiary/aromatic N) is 1. The van der Waals surface area contributed by atoms with Gasteiger partial charge in [0.05, 0.1) is 0 Å². The summed E-state index contributed by atoms with van der Waals surface area (Å²) < 4.78 is 32.6. The number of primary amides is 1. The van der Waals surface area contributed by atoms with Crippen LogP contribution in [-0.4, -0.2) is 39.0 Å². The van der Waals surface area contributed by atoms with Crippen molar-refractivity contribution >= 4 is 16.3 Å². The third kappa shape index (κ3) is 3.96. The molecule has 0 bridgehead atoms. The minimum absolute atomic E-state index is 0.0400. The van der Waals surface area contributed by atoms with Gasteiger partial charge in [-0.1, -0.05) is 30.3 Å². The molecule has 1 amide bonds. The topological polar surface area (TPSA) is 102 Å². The third-order valence-corrected chi connectivity index (χ3v) is 5.46. The minimum Gasteiger partial charge on any atom is -0.441 e. The van der Waals surface area contributed by atoms with E-state index in [0.29, 0.717) is 25.9 Å². The molecule has 1 atom stereocenters. The van der Waals surface area contributed by atoms with E-state index in [1.165, 1.54) is 11.4 Å². The van der Waals surface area contributed by atoms with Crippen LogP contribution >= 0.6 is 0 Å². The zero-order valence-corrected chi connectivity index (χ0v) is 13.3. The normalized spacial score (nSPS) is 18.8. The summed E-state index contributed by atoms with van der Waals surface area (Å²) >= 11 is 0. The Bertz CT molecular complexity index is 598. The first-order valence-electron chi connectivity index (χ1n) is 7.13. The maximum absolute atomic E-state index is 11.8. The molecule has 1 unspecified atom stereocenters. The van der Waals surface area contributed by atoms with Crippen LogP contribution in [0.25, 0.3) is 0 Å². The summed E-state index contributed by atoms with van der Waals surface area (Å²) in [6.45, 7) is 0.776. The van der Waals surface area contributed by atoms with E-state index in [4.69, 9.17) is 10.5 Å². The molecule has 7 nitrogen and oxygen atoms in total. The van der Waals surface area contributed by atoms with Gasteiger partial charge in [-0.05, 0) is 18.4 Å². The number of nitrogens with two attached hydrogens (primary N) is 1. The lowest BCUT2D eigenvalue weighted by atomic mass is 9.88. The second kappa shape index (κ2) is 7.08. The van der Waals surface area contributed by atoms with Gasteiger partial charge in [0.2, 0.25) is 0 Å². The van der Waals surface area contributed by atoms with Gasteiger partial charge in [0, 0.05) is 26.1 Å². The molecule has 8 heteroatoms. The number of carbonyl (C=O) groups is 1. The molecule has 2 rings (SSSR count). The molecule has 1 aromatic carbocycles. The van der Waals surface area contributed by atoms with Crippen LogP contribution in [0.5, 0.6) is 0 Å². The summed E-state index contributed by atoms with van der Waals surface area (Å²) in [6.07, 6.45) is -0.0566. The number of nitrogens with one attached hydrogen (secondary N) is 1. The molecule has 1 heterocycles. The standard InChI is InChI=1S/C14H21N3O4S/c1-16-22(19,20)17-9-7-12(8-10-17)13(21-14(15)18)11-5-3-2-4-6-11/h2-6,12-13,16H,7-10H2,1H3,(H2,15,18). The Morgan fingerprint density at radius 3 is 2.41 bits per heavy atom. The number of amides is 1. The Hall–Kier alpha value is -1.64. The number of piperidine rings is 1. The highest BCUT2D eigenvalue weighted by Gasteiger charge is 2.33. The van der Waals surface area contributed by atoms with Crippen molar-refractivity contribution in [3.8, 4) is 0 Å². The van der Waals surface area contributed by atoms with E-state index in [1.54, 1.807) is 0 Å². The van der Waals surface area contributed by atoms with Crippen molar-refractivity contribution in [2.24, 2.45) is 11.7 Å². The summed E-state index contributed by atoms with van der Waals surface area (Å²) in [4.78, 5) is 11.2. The molecule has 1 aromatic rings. The molecular weight excluding hydrogens is 306 g/mol. The van der Waals surface area contributed by atoms with Crippen LogP contribution in [0.3, 0.4) is 0 Å². The van der Waals surface area contributed by atoms with Gasteiger partial charge >= 0.3 is 6.09 Å². The van der Waals surface area contributed by atoms with Crippen LogP contribution in [0.15, 0.2) is 30.3 Å². The molecule has 0 spiro atoms. The molecule has 0 aromatic heterocycles. The summed E-state index contributed by atoms with van der Waals surface area (Å²) in [5.41, 5.74) is 6.05. The highest BCUT2D eigenvalue weighted by molar-refractivity contribution is 7.87. The van der Waals surface area contributed by atoms with E-state index in [1.807, 2.05) is 30.3 Å². The lowest BCUT2D eigenvalue weighted by Crippen LogP contribution is -2.44. The molecule has 1 aliphatic heterocycles. The first-order chi connectivity index (χ1) is 10.4. The first-order valence-corrected chi connectivity index (χ1v) is 8.57. The second-order valence-corrected chi connectivity index (χ2v) is 7.09. The second-order valence-electron chi connectivity index (χ2n) is 5.21. The van der Waals surface area contributed by atoms with E-state index in [-0.39, 0.29) is 5.92 Å². The molecule has 22 heavy (non-hydrogen) atoms. The molecule has 1 saturated heterocycles. The Morgan fingerprint density at radius 1 is 1.32 bits per heavy atom. The van der Waals surface area contributed by atoms with Crippen molar-refractivity contribution < 1.29 is 17.9 Å². The molecule has 1 aliphatic rings. The monoisotopic (exact) mass is 327 g/mol. The van der Waals surface area contributed by atoms with Gasteiger partial charge in [0.1, 0.15) is 6.10 Å². The molecule has 0 radical (unpaired) electrons. The zero-order valence-electron chi connectivity index (χ0n) is 12.4. The van der Waals surface area contributed by atoms with Gasteiger partial charge in [0.25, 0.3) is 10.2 Å². The Balaban J connectivity index is 2.10. The predicted molar refractivity (Wildman–Crippen MR) is 82.1 cm³/mol. The van der Waals surface area contributed by atoms with Gasteiger partial charge in [-0.2, -0.15) is 12.7 Å². The summed E-state index contributed by atoms with van der Waals surface area (Å²) in [6, 6.07) is 9.38. The summed E-state index contributed by atoms with van der Waals surface area (Å²) in [5, 5.41) is 0. The quantitative estimate of drug-likeness (QED) is 0.842. The fourth-order valence-corrected chi connectivity index (χ4v) is 3.70. The van der Waals surface area contributed by atoms with Crippen LogP contribution in [0, 0.1) is 5.92 Å². The molecule has 0 saturated carbocycles. The zero-order chi connectivity index (χ0) is 16.2. The van der Waals surface area contributed by atoms with Gasteiger partial charge < -0.3 is 10.5 Å². The smallest absolute Gasteiger partial charge is 0.405 e. The molecule has 3 N–H and O–H groups in total. The molecule has 122 valence electrons. The Morgan fingerprint density at radius 2 is 1.91 bits per heavy atom. The van der Waals surface area contributed by atoms with Crippen LogP contribution in [0.4, 0.5) is 4.79 Å². The van der Waals surface area contributed by atoms with Crippen molar-refractivity contribution in [2.75, 3.05) is 20.1 Å². The number of benzene rings is 1. The number of hydrogen-bond acceptors (Lipinski definition) is 4. The van der Waals surface area contributed by atoms with Crippen LogP contribution in [0.2, 0.25) is 0 Å². The van der Waals surface area contributed by atoms with Gasteiger partial charge in [-0.3, -0.25) is 0 Å².